The standard InChI is InChI=1S/C22H20ClNO4S/c1-14-22(29(26)16-10-8-15(27-2)9-11-16)20(17-6-4-5-7-18(17)23)21(28-3)19(24-14)12-13-25/h4-12,20,24H,1-3H3. The van der Waals surface area contributed by atoms with E-state index in [1.54, 1.807) is 43.4 Å². The number of halogens is 1. The summed E-state index contributed by atoms with van der Waals surface area (Å²) in [6.07, 6.45) is 1.26. The van der Waals surface area contributed by atoms with Crippen LogP contribution in [0.3, 0.4) is 0 Å². The molecule has 5 nitrogen and oxygen atoms in total. The van der Waals surface area contributed by atoms with E-state index in [-0.39, 0.29) is 0 Å². The summed E-state index contributed by atoms with van der Waals surface area (Å²) in [4.78, 5) is 12.2. The molecule has 0 saturated heterocycles. The van der Waals surface area contributed by atoms with E-state index in [0.717, 1.165) is 5.56 Å². The van der Waals surface area contributed by atoms with Gasteiger partial charge in [0.2, 0.25) is 0 Å². The molecule has 1 aliphatic heterocycles. The molecule has 0 aromatic heterocycles. The fraction of sp³-hybridized carbons (Fsp3) is 0.182. The Morgan fingerprint density at radius 3 is 2.41 bits per heavy atom. The molecule has 29 heavy (non-hydrogen) atoms. The van der Waals surface area contributed by atoms with E-state index < -0.39 is 17.1 Å². The van der Waals surface area contributed by atoms with Gasteiger partial charge in [0.05, 0.1) is 25.6 Å². The Balaban J connectivity index is 2.18. The van der Waals surface area contributed by atoms with Crippen molar-refractivity contribution in [1.82, 2.24) is 5.32 Å². The molecule has 0 bridgehead atoms. The maximum atomic E-state index is 13.6. The molecule has 7 heteroatoms. The van der Waals surface area contributed by atoms with Crippen LogP contribution in [-0.4, -0.2) is 24.7 Å². The summed E-state index contributed by atoms with van der Waals surface area (Å²) in [5.74, 6) is 2.37. The lowest BCUT2D eigenvalue weighted by atomic mass is 9.92. The Bertz CT molecular complexity index is 1010. The lowest BCUT2D eigenvalue weighted by Gasteiger charge is -2.31. The zero-order chi connectivity index (χ0) is 21.0. The molecule has 2 atom stereocenters. The summed E-state index contributed by atoms with van der Waals surface area (Å²) in [5, 5.41) is 3.63. The van der Waals surface area contributed by atoms with E-state index in [9.17, 15) is 9.35 Å². The van der Waals surface area contributed by atoms with Crippen molar-refractivity contribution in [2.45, 2.75) is 17.7 Å². The number of carbonyl (C=O) groups excluding carboxylic acids is 1. The molecule has 0 spiro atoms. The third-order valence-electron chi connectivity index (χ3n) is 4.59. The third-order valence-corrected chi connectivity index (χ3v) is 6.58. The van der Waals surface area contributed by atoms with Crippen LogP contribution in [0.2, 0.25) is 5.02 Å². The smallest absolute Gasteiger partial charge is 0.169 e. The number of ether oxygens (including phenoxy) is 2. The number of methoxy groups -OCH3 is 2. The fourth-order valence-electron chi connectivity index (χ4n) is 3.27. The van der Waals surface area contributed by atoms with Crippen LogP contribution < -0.4 is 10.1 Å². The summed E-state index contributed by atoms with van der Waals surface area (Å²) < 4.78 is 24.4. The number of allylic oxidation sites excluding steroid dienone is 3. The first-order valence-electron chi connectivity index (χ1n) is 8.78. The van der Waals surface area contributed by atoms with Crippen LogP contribution in [-0.2, 0) is 20.7 Å². The Kier molecular flexibility index (Phi) is 6.72. The van der Waals surface area contributed by atoms with Crippen LogP contribution in [0.4, 0.5) is 0 Å². The van der Waals surface area contributed by atoms with Gasteiger partial charge in [0.15, 0.2) is 9.80 Å². The Morgan fingerprint density at radius 2 is 1.83 bits per heavy atom. The fourth-order valence-corrected chi connectivity index (χ4v) is 4.93. The predicted molar refractivity (Wildman–Crippen MR) is 114 cm³/mol. The average molecular weight is 430 g/mol. The summed E-state index contributed by atoms with van der Waals surface area (Å²) in [5.41, 5.74) is 1.85. The van der Waals surface area contributed by atoms with Crippen molar-refractivity contribution in [2.24, 2.45) is 0 Å². The SMILES string of the molecule is COC1=C(C=C=O)NC(C)=C([S+]([O-])c2ccc(OC)cc2)C1c1ccccc1Cl. The molecule has 150 valence electrons. The van der Waals surface area contributed by atoms with E-state index in [2.05, 4.69) is 5.32 Å². The number of nitrogens with one attached hydrogen (secondary N) is 1. The molecule has 0 fully saturated rings. The number of dihydropyridines is 1. The minimum absolute atomic E-state index is 0.448. The molecule has 2 aromatic carbocycles. The summed E-state index contributed by atoms with van der Waals surface area (Å²) in [7, 11) is 3.09. The highest BCUT2D eigenvalue weighted by atomic mass is 35.5. The normalized spacial score (nSPS) is 17.3. The third kappa shape index (κ3) is 4.21. The molecule has 2 aromatic rings. The number of hydrogen-bond donors (Lipinski definition) is 1. The van der Waals surface area contributed by atoms with Crippen LogP contribution >= 0.6 is 11.6 Å². The van der Waals surface area contributed by atoms with Gasteiger partial charge >= 0.3 is 0 Å². The lowest BCUT2D eigenvalue weighted by molar-refractivity contribution is 0.264. The van der Waals surface area contributed by atoms with E-state index in [1.807, 2.05) is 25.1 Å². The van der Waals surface area contributed by atoms with Crippen LogP contribution in [0, 0.1) is 0 Å². The molecule has 0 amide bonds. The van der Waals surface area contributed by atoms with Gasteiger partial charge in [-0.15, -0.1) is 0 Å². The quantitative estimate of drug-likeness (QED) is 0.547. The number of hydrogen-bond acceptors (Lipinski definition) is 5. The van der Waals surface area contributed by atoms with Gasteiger partial charge in [-0.3, -0.25) is 0 Å². The van der Waals surface area contributed by atoms with Gasteiger partial charge in [0.25, 0.3) is 0 Å². The molecule has 0 aliphatic carbocycles. The highest BCUT2D eigenvalue weighted by molar-refractivity contribution is 7.95. The van der Waals surface area contributed by atoms with Crippen molar-refractivity contribution in [1.29, 1.82) is 0 Å². The van der Waals surface area contributed by atoms with Gasteiger partial charge in [-0.05, 0) is 42.8 Å². The van der Waals surface area contributed by atoms with Crippen molar-refractivity contribution in [3.63, 3.8) is 0 Å². The molecule has 0 saturated carbocycles. The average Bonchev–Trinajstić information content (AvgIpc) is 2.73. The monoisotopic (exact) mass is 429 g/mol. The van der Waals surface area contributed by atoms with Crippen molar-refractivity contribution in [3.8, 4) is 5.75 Å². The first-order chi connectivity index (χ1) is 14.0. The van der Waals surface area contributed by atoms with E-state index in [4.69, 9.17) is 21.1 Å². The highest BCUT2D eigenvalue weighted by Gasteiger charge is 2.40. The lowest BCUT2D eigenvalue weighted by Crippen LogP contribution is -2.29. The summed E-state index contributed by atoms with van der Waals surface area (Å²) in [6.45, 7) is 1.81. The zero-order valence-corrected chi connectivity index (χ0v) is 17.8. The molecule has 1 heterocycles. The van der Waals surface area contributed by atoms with Gasteiger partial charge < -0.3 is 19.3 Å². The minimum atomic E-state index is -1.51. The van der Waals surface area contributed by atoms with Gasteiger partial charge in [0, 0.05) is 22.3 Å². The predicted octanol–water partition coefficient (Wildman–Crippen LogP) is 4.32. The van der Waals surface area contributed by atoms with Gasteiger partial charge in [-0.2, -0.15) is 0 Å². The van der Waals surface area contributed by atoms with Crippen molar-refractivity contribution >= 4 is 28.7 Å². The topological polar surface area (TPSA) is 70.6 Å². The first-order valence-corrected chi connectivity index (χ1v) is 10.3. The van der Waals surface area contributed by atoms with Gasteiger partial charge in [-0.1, -0.05) is 29.8 Å². The van der Waals surface area contributed by atoms with Crippen LogP contribution in [0.5, 0.6) is 5.75 Å². The summed E-state index contributed by atoms with van der Waals surface area (Å²) in [6, 6.07) is 14.4. The highest BCUT2D eigenvalue weighted by Crippen LogP contribution is 2.45. The van der Waals surface area contributed by atoms with E-state index in [1.165, 1.54) is 13.2 Å². The maximum Gasteiger partial charge on any atom is 0.169 e. The molecule has 1 N–H and O–H groups in total. The Hall–Kier alpha value is -2.63. The largest absolute Gasteiger partial charge is 0.607 e. The summed E-state index contributed by atoms with van der Waals surface area (Å²) >= 11 is 4.97. The van der Waals surface area contributed by atoms with E-state index in [0.29, 0.717) is 37.7 Å². The molecule has 2 unspecified atom stereocenters. The van der Waals surface area contributed by atoms with Gasteiger partial charge in [0.1, 0.15) is 23.4 Å². The van der Waals surface area contributed by atoms with Gasteiger partial charge in [-0.25, -0.2) is 4.79 Å². The maximum absolute atomic E-state index is 13.6. The Morgan fingerprint density at radius 1 is 1.14 bits per heavy atom. The second kappa shape index (κ2) is 9.25. The van der Waals surface area contributed by atoms with Crippen molar-refractivity contribution < 1.29 is 18.8 Å². The molecule has 1 aliphatic rings. The minimum Gasteiger partial charge on any atom is -0.607 e. The number of benzene rings is 2. The number of rotatable bonds is 6. The zero-order valence-electron chi connectivity index (χ0n) is 16.2. The first kappa shape index (κ1) is 21.1. The molecule has 0 radical (unpaired) electrons. The van der Waals surface area contributed by atoms with Crippen LogP contribution in [0.25, 0.3) is 0 Å². The Labute approximate surface area is 177 Å². The van der Waals surface area contributed by atoms with Crippen LogP contribution in [0.1, 0.15) is 18.4 Å². The van der Waals surface area contributed by atoms with Crippen molar-refractivity contribution in [2.75, 3.05) is 14.2 Å². The molecular formula is C22H20ClNO4S. The second-order valence-electron chi connectivity index (χ2n) is 6.26. The van der Waals surface area contributed by atoms with E-state index >= 15 is 0 Å². The second-order valence-corrected chi connectivity index (χ2v) is 8.11. The van der Waals surface area contributed by atoms with Crippen LogP contribution in [0.15, 0.2) is 81.6 Å². The molecular weight excluding hydrogens is 410 g/mol. The molecule has 3 rings (SSSR count). The van der Waals surface area contributed by atoms with Crippen molar-refractivity contribution in [3.05, 3.63) is 87.3 Å².